The van der Waals surface area contributed by atoms with E-state index in [0.29, 0.717) is 0 Å². The third-order valence-electron chi connectivity index (χ3n) is 2.24. The molecule has 1 heterocycles. The highest BCUT2D eigenvalue weighted by Gasteiger charge is 2.19. The zero-order chi connectivity index (χ0) is 8.97. The van der Waals surface area contributed by atoms with E-state index in [0.717, 1.165) is 6.54 Å². The SMILES string of the molecule is CCCNC1=[N+](C)CCCN1C. The van der Waals surface area contributed by atoms with Crippen LogP contribution in [0.3, 0.4) is 0 Å². The lowest BCUT2D eigenvalue weighted by molar-refractivity contribution is -0.510. The first-order chi connectivity index (χ1) is 5.75. The van der Waals surface area contributed by atoms with Crippen LogP contribution in [0.2, 0.25) is 0 Å². The van der Waals surface area contributed by atoms with E-state index >= 15 is 0 Å². The average molecular weight is 170 g/mol. The van der Waals surface area contributed by atoms with Crippen LogP contribution in [-0.4, -0.2) is 49.2 Å². The summed E-state index contributed by atoms with van der Waals surface area (Å²) in [5.74, 6) is 1.28. The van der Waals surface area contributed by atoms with Crippen molar-refractivity contribution in [1.29, 1.82) is 0 Å². The standard InChI is InChI=1S/C9H19N3/c1-4-6-10-9-11(2)7-5-8-12(9)3/h4-8H2,1-3H3/p+1. The lowest BCUT2D eigenvalue weighted by atomic mass is 10.3. The highest BCUT2D eigenvalue weighted by atomic mass is 15.3. The van der Waals surface area contributed by atoms with Crippen LogP contribution < -0.4 is 5.32 Å². The molecule has 0 radical (unpaired) electrons. The Morgan fingerprint density at radius 1 is 1.58 bits per heavy atom. The highest BCUT2D eigenvalue weighted by molar-refractivity contribution is 5.74. The number of nitrogens with zero attached hydrogens (tertiary/aromatic N) is 2. The Balaban J connectivity index is 2.55. The second kappa shape index (κ2) is 4.33. The summed E-state index contributed by atoms with van der Waals surface area (Å²) in [6.45, 7) is 5.62. The van der Waals surface area contributed by atoms with Crippen LogP contribution in [0.25, 0.3) is 0 Å². The van der Waals surface area contributed by atoms with Gasteiger partial charge < -0.3 is 0 Å². The van der Waals surface area contributed by atoms with Gasteiger partial charge >= 0.3 is 5.96 Å². The summed E-state index contributed by atoms with van der Waals surface area (Å²) in [6, 6.07) is 0. The first-order valence-corrected chi connectivity index (χ1v) is 4.78. The molecule has 0 unspecified atom stereocenters. The maximum absolute atomic E-state index is 3.44. The summed E-state index contributed by atoms with van der Waals surface area (Å²) in [4.78, 5) is 2.29. The van der Waals surface area contributed by atoms with Crippen molar-refractivity contribution in [1.82, 2.24) is 10.2 Å². The zero-order valence-electron chi connectivity index (χ0n) is 8.43. The Morgan fingerprint density at radius 3 is 2.92 bits per heavy atom. The first-order valence-electron chi connectivity index (χ1n) is 4.78. The van der Waals surface area contributed by atoms with E-state index in [4.69, 9.17) is 0 Å². The Bertz CT molecular complexity index is 175. The largest absolute Gasteiger partial charge is 0.347 e. The Morgan fingerprint density at radius 2 is 2.33 bits per heavy atom. The summed E-state index contributed by atoms with van der Waals surface area (Å²) in [6.07, 6.45) is 2.45. The van der Waals surface area contributed by atoms with Crippen LogP contribution in [0.15, 0.2) is 0 Å². The van der Waals surface area contributed by atoms with Crippen molar-refractivity contribution in [3.63, 3.8) is 0 Å². The van der Waals surface area contributed by atoms with Crippen LogP contribution in [0, 0.1) is 0 Å². The van der Waals surface area contributed by atoms with Crippen LogP contribution in [0.1, 0.15) is 19.8 Å². The van der Waals surface area contributed by atoms with Gasteiger partial charge in [-0.2, -0.15) is 0 Å². The molecule has 0 spiro atoms. The van der Waals surface area contributed by atoms with Crippen LogP contribution >= 0.6 is 0 Å². The van der Waals surface area contributed by atoms with Gasteiger partial charge in [-0.05, 0) is 6.42 Å². The van der Waals surface area contributed by atoms with E-state index in [1.807, 2.05) is 0 Å². The minimum absolute atomic E-state index is 1.07. The van der Waals surface area contributed by atoms with Crippen molar-refractivity contribution < 1.29 is 4.58 Å². The van der Waals surface area contributed by atoms with Crippen molar-refractivity contribution in [2.45, 2.75) is 19.8 Å². The second-order valence-corrected chi connectivity index (χ2v) is 3.45. The smallest absolute Gasteiger partial charge is 0.278 e. The molecule has 0 aromatic rings. The Hall–Kier alpha value is -0.730. The van der Waals surface area contributed by atoms with Gasteiger partial charge in [0, 0.05) is 6.42 Å². The molecular weight excluding hydrogens is 150 g/mol. The summed E-state index contributed by atoms with van der Waals surface area (Å²) in [5, 5.41) is 3.44. The fraction of sp³-hybridized carbons (Fsp3) is 0.889. The van der Waals surface area contributed by atoms with Crippen molar-refractivity contribution in [3.8, 4) is 0 Å². The molecule has 0 atom stereocenters. The number of rotatable bonds is 2. The summed E-state index contributed by atoms with van der Waals surface area (Å²) in [5.41, 5.74) is 0. The molecule has 0 amide bonds. The molecule has 70 valence electrons. The molecule has 1 N–H and O–H groups in total. The number of guanidine groups is 1. The number of hydrogen-bond donors (Lipinski definition) is 1. The first kappa shape index (κ1) is 9.36. The molecular formula is C9H20N3+. The fourth-order valence-corrected chi connectivity index (χ4v) is 1.55. The molecule has 3 nitrogen and oxygen atoms in total. The van der Waals surface area contributed by atoms with E-state index in [2.05, 4.69) is 35.8 Å². The number of hydrogen-bond acceptors (Lipinski definition) is 2. The van der Waals surface area contributed by atoms with Crippen molar-refractivity contribution in [3.05, 3.63) is 0 Å². The molecule has 1 aliphatic heterocycles. The lowest BCUT2D eigenvalue weighted by Crippen LogP contribution is -2.49. The van der Waals surface area contributed by atoms with Gasteiger partial charge in [0.05, 0.1) is 33.7 Å². The number of nitrogens with one attached hydrogen (secondary N) is 1. The topological polar surface area (TPSA) is 18.3 Å². The molecule has 3 heteroatoms. The highest BCUT2D eigenvalue weighted by Crippen LogP contribution is 1.96. The van der Waals surface area contributed by atoms with Crippen LogP contribution in [0.4, 0.5) is 0 Å². The molecule has 0 aromatic carbocycles. The fourth-order valence-electron chi connectivity index (χ4n) is 1.55. The Labute approximate surface area is 75.1 Å². The summed E-state index contributed by atoms with van der Waals surface area (Å²) >= 11 is 0. The second-order valence-electron chi connectivity index (χ2n) is 3.45. The third-order valence-corrected chi connectivity index (χ3v) is 2.24. The van der Waals surface area contributed by atoms with E-state index in [1.54, 1.807) is 0 Å². The van der Waals surface area contributed by atoms with Gasteiger partial charge in [-0.25, -0.2) is 0 Å². The normalized spacial score (nSPS) is 18.4. The molecule has 0 fully saturated rings. The quantitative estimate of drug-likeness (QED) is 0.602. The van der Waals surface area contributed by atoms with Crippen LogP contribution in [0.5, 0.6) is 0 Å². The molecule has 0 bridgehead atoms. The van der Waals surface area contributed by atoms with E-state index < -0.39 is 0 Å². The zero-order valence-corrected chi connectivity index (χ0v) is 8.43. The Kier molecular flexibility index (Phi) is 3.38. The van der Waals surface area contributed by atoms with Crippen molar-refractivity contribution in [2.24, 2.45) is 0 Å². The molecule has 0 aromatic heterocycles. The predicted octanol–water partition coefficient (Wildman–Crippen LogP) is 0.320. The minimum Gasteiger partial charge on any atom is -0.278 e. The third kappa shape index (κ3) is 2.13. The molecule has 0 aliphatic carbocycles. The summed E-state index contributed by atoms with van der Waals surface area (Å²) in [7, 11) is 4.29. The maximum atomic E-state index is 3.44. The maximum Gasteiger partial charge on any atom is 0.347 e. The van der Waals surface area contributed by atoms with E-state index in [1.165, 1.54) is 31.9 Å². The van der Waals surface area contributed by atoms with Crippen molar-refractivity contribution in [2.75, 3.05) is 33.7 Å². The average Bonchev–Trinajstić information content (AvgIpc) is 2.04. The molecule has 0 saturated heterocycles. The van der Waals surface area contributed by atoms with Gasteiger partial charge in [0.2, 0.25) is 0 Å². The lowest BCUT2D eigenvalue weighted by Gasteiger charge is -2.23. The van der Waals surface area contributed by atoms with Crippen molar-refractivity contribution >= 4 is 5.96 Å². The van der Waals surface area contributed by atoms with Crippen LogP contribution in [-0.2, 0) is 0 Å². The van der Waals surface area contributed by atoms with E-state index in [9.17, 15) is 0 Å². The molecule has 12 heavy (non-hydrogen) atoms. The van der Waals surface area contributed by atoms with Gasteiger partial charge in [-0.1, -0.05) is 6.92 Å². The predicted molar refractivity (Wildman–Crippen MR) is 51.6 cm³/mol. The minimum atomic E-state index is 1.07. The monoisotopic (exact) mass is 170 g/mol. The van der Waals surface area contributed by atoms with Gasteiger partial charge in [0.1, 0.15) is 0 Å². The molecule has 0 saturated carbocycles. The summed E-state index contributed by atoms with van der Waals surface area (Å²) < 4.78 is 2.29. The van der Waals surface area contributed by atoms with Gasteiger partial charge in [0.15, 0.2) is 0 Å². The van der Waals surface area contributed by atoms with E-state index in [-0.39, 0.29) is 0 Å². The van der Waals surface area contributed by atoms with Gasteiger partial charge in [-0.3, -0.25) is 14.8 Å². The van der Waals surface area contributed by atoms with Gasteiger partial charge in [0.25, 0.3) is 0 Å². The molecule has 1 rings (SSSR count). The van der Waals surface area contributed by atoms with Gasteiger partial charge in [-0.15, -0.1) is 0 Å². The molecule has 1 aliphatic rings.